The third kappa shape index (κ3) is 50.8. The van der Waals surface area contributed by atoms with E-state index in [0.717, 1.165) is 0 Å². The van der Waals surface area contributed by atoms with Crippen LogP contribution in [0.25, 0.3) is 0 Å². The molecule has 0 rings (SSSR count). The van der Waals surface area contributed by atoms with Crippen molar-refractivity contribution in [2.45, 2.75) is 0 Å². The molecule has 41 valence electrons. The molecule has 0 radical (unpaired) electrons. The summed E-state index contributed by atoms with van der Waals surface area (Å²) in [5.41, 5.74) is 0. The third-order valence-electron chi connectivity index (χ3n) is 0. The van der Waals surface area contributed by atoms with E-state index in [9.17, 15) is 0 Å². The fourth-order valence-electron chi connectivity index (χ4n) is 0. The van der Waals surface area contributed by atoms with Crippen molar-refractivity contribution in [2.75, 3.05) is 0 Å². The SMILES string of the molecule is [H-].[H-].[Nd].[O]=[Mn](=[O])([OH])[OH].[Sr+2]. The maximum Gasteiger partial charge on any atom is 2.00 e. The van der Waals surface area contributed by atoms with Crippen molar-refractivity contribution in [1.29, 1.82) is 0 Å². The smallest absolute Gasteiger partial charge is 2.00 e. The largest absolute Gasteiger partial charge is 2.00 e. The molecular weight excluding hydrogens is 351 g/mol. The average molecular weight is 355 g/mol. The molecule has 0 saturated heterocycles. The van der Waals surface area contributed by atoms with Crippen LogP contribution < -0.4 is 0 Å². The van der Waals surface area contributed by atoms with Crippen LogP contribution in [0.15, 0.2) is 0 Å². The molecule has 0 aromatic heterocycles. The maximum absolute atomic E-state index is 8.80. The van der Waals surface area contributed by atoms with Crippen LogP contribution in [0.2, 0.25) is 0 Å². The minimum absolute atomic E-state index is 0. The van der Waals surface area contributed by atoms with Crippen molar-refractivity contribution >= 4 is 45.5 Å². The van der Waals surface area contributed by atoms with Gasteiger partial charge in [-0.1, -0.05) is 0 Å². The number of rotatable bonds is 0. The first-order valence-corrected chi connectivity index (χ1v) is 2.67. The van der Waals surface area contributed by atoms with Crippen LogP contribution in [0.5, 0.6) is 0 Å². The molecule has 0 aromatic rings. The Labute approximate surface area is 116 Å². The van der Waals surface area contributed by atoms with Crippen molar-refractivity contribution < 1.29 is 73.1 Å². The normalized spacial score (nSPS) is 8.29. The van der Waals surface area contributed by atoms with Crippen LogP contribution in [-0.4, -0.2) is 53.9 Å². The minimum Gasteiger partial charge on any atom is 2.00 e. The third-order valence-corrected chi connectivity index (χ3v) is 0. The number of hydrogen-bond acceptors (Lipinski definition) is 2. The molecule has 0 atom stereocenters. The predicted octanol–water partition coefficient (Wildman–Crippen LogP) is -1.51. The molecule has 4 nitrogen and oxygen atoms in total. The second-order valence-electron chi connectivity index (χ2n) is 0.415. The van der Waals surface area contributed by atoms with E-state index in [-0.39, 0.29) is 89.2 Å². The molecule has 0 spiro atoms. The van der Waals surface area contributed by atoms with Gasteiger partial charge in [0.15, 0.2) is 0 Å². The Bertz CT molecular complexity index is 102. The van der Waals surface area contributed by atoms with Gasteiger partial charge in [0.2, 0.25) is 0 Å². The molecule has 0 aliphatic rings. The molecule has 0 bridgehead atoms. The summed E-state index contributed by atoms with van der Waals surface area (Å²) < 4.78 is 31.8. The van der Waals surface area contributed by atoms with Gasteiger partial charge in [-0.15, -0.1) is 0 Å². The van der Waals surface area contributed by atoms with E-state index >= 15 is 0 Å². The van der Waals surface area contributed by atoms with Crippen molar-refractivity contribution in [3.05, 3.63) is 0 Å². The summed E-state index contributed by atoms with van der Waals surface area (Å²) in [4.78, 5) is 0. The van der Waals surface area contributed by atoms with Crippen LogP contribution in [0.1, 0.15) is 2.85 Å². The van der Waals surface area contributed by atoms with Gasteiger partial charge in [0, 0.05) is 40.8 Å². The second-order valence-corrected chi connectivity index (χ2v) is 1.71. The van der Waals surface area contributed by atoms with Gasteiger partial charge in [0.05, 0.1) is 0 Å². The fraction of sp³-hybridized carbons (Fsp3) is 0. The van der Waals surface area contributed by atoms with Crippen LogP contribution >= 0.6 is 0 Å². The van der Waals surface area contributed by atoms with E-state index in [2.05, 4.69) is 0 Å². The Hall–Kier alpha value is 2.87. The molecule has 0 aliphatic carbocycles. The molecule has 7 heteroatoms. The molecule has 0 amide bonds. The van der Waals surface area contributed by atoms with E-state index in [4.69, 9.17) is 16.0 Å². The van der Waals surface area contributed by atoms with E-state index in [1.807, 2.05) is 0 Å². The topological polar surface area (TPSA) is 74.6 Å². The summed E-state index contributed by atoms with van der Waals surface area (Å²) >= 11 is -5.12. The first-order chi connectivity index (χ1) is 2.00. The van der Waals surface area contributed by atoms with Crippen LogP contribution in [-0.2, 0) is 21.0 Å². The van der Waals surface area contributed by atoms with Gasteiger partial charge >= 0.3 is 74.9 Å². The standard InChI is InChI=1S/Mn.Nd.2H2O.2O.Sr.2H/h;;2*1H2;;;;;/q+2;;;;;;+2;2*-1/p-2. The summed E-state index contributed by atoms with van der Waals surface area (Å²) in [5.74, 6) is 0. The minimum atomic E-state index is -5.12. The molecule has 0 fully saturated rings. The molecule has 0 aromatic carbocycles. The van der Waals surface area contributed by atoms with Gasteiger partial charge in [0.25, 0.3) is 0 Å². The summed E-state index contributed by atoms with van der Waals surface area (Å²) in [5, 5.41) is 0. The average Bonchev–Trinajstić information content (AvgIpc) is 0.722. The van der Waals surface area contributed by atoms with Gasteiger partial charge in [-0.2, -0.15) is 0 Å². The molecule has 0 saturated carbocycles. The summed E-state index contributed by atoms with van der Waals surface area (Å²) in [6.07, 6.45) is 0. The van der Waals surface area contributed by atoms with Crippen molar-refractivity contribution in [2.24, 2.45) is 0 Å². The first-order valence-electron chi connectivity index (χ1n) is 0.647. The fourth-order valence-corrected chi connectivity index (χ4v) is 0. The van der Waals surface area contributed by atoms with E-state index in [0.29, 0.717) is 0 Å². The van der Waals surface area contributed by atoms with Crippen molar-refractivity contribution in [3.8, 4) is 0 Å². The summed E-state index contributed by atoms with van der Waals surface area (Å²) in [6.45, 7) is 0. The van der Waals surface area contributed by atoms with Crippen molar-refractivity contribution in [3.63, 3.8) is 0 Å². The van der Waals surface area contributed by atoms with Gasteiger partial charge < -0.3 is 2.85 Å². The molecule has 2 N–H and O–H groups in total. The van der Waals surface area contributed by atoms with Gasteiger partial charge in [-0.25, -0.2) is 0 Å². The molecule has 0 aliphatic heterocycles. The molecule has 0 unspecified atom stereocenters. The Morgan fingerprint density at radius 2 is 1.29 bits per heavy atom. The summed E-state index contributed by atoms with van der Waals surface area (Å²) in [7, 11) is 0. The predicted molar refractivity (Wildman–Crippen MR) is 13.8 cm³/mol. The zero-order valence-electron chi connectivity index (χ0n) is 5.30. The maximum atomic E-state index is 8.80. The monoisotopic (exact) mass is 353 g/mol. The van der Waals surface area contributed by atoms with Gasteiger partial charge in [-0.05, 0) is 0 Å². The first kappa shape index (κ1) is 16.5. The Balaban J connectivity index is -0.0000000133. The zero-order valence-corrected chi connectivity index (χ0v) is 11.2. The molecule has 0 heterocycles. The van der Waals surface area contributed by atoms with E-state index < -0.39 is 13.4 Å². The second kappa shape index (κ2) is 6.98. The summed E-state index contributed by atoms with van der Waals surface area (Å²) in [6, 6.07) is 0. The molecular formula is H4MnNdO4Sr. The Kier molecular flexibility index (Phi) is 16.4. The van der Waals surface area contributed by atoms with Crippen LogP contribution in [0.3, 0.4) is 0 Å². The molecule has 7 heavy (non-hydrogen) atoms. The number of hydrogen-bond donors (Lipinski definition) is 2. The van der Waals surface area contributed by atoms with Crippen LogP contribution in [0.4, 0.5) is 0 Å². The Morgan fingerprint density at radius 1 is 1.29 bits per heavy atom. The van der Waals surface area contributed by atoms with Crippen LogP contribution in [0, 0.1) is 40.8 Å². The quantitative estimate of drug-likeness (QED) is 0.519. The van der Waals surface area contributed by atoms with Gasteiger partial charge in [0.1, 0.15) is 0 Å². The Morgan fingerprint density at radius 3 is 1.29 bits per heavy atom. The van der Waals surface area contributed by atoms with E-state index in [1.165, 1.54) is 0 Å². The van der Waals surface area contributed by atoms with E-state index in [1.54, 1.807) is 0 Å². The zero-order chi connectivity index (χ0) is 4.50. The van der Waals surface area contributed by atoms with Gasteiger partial charge in [-0.3, -0.25) is 0 Å². The van der Waals surface area contributed by atoms with Crippen molar-refractivity contribution in [1.82, 2.24) is 0 Å².